The average Bonchev–Trinajstić information content (AvgIpc) is 3.07. The monoisotopic (exact) mass is 459 g/mol. The number of nitrogens with zero attached hydrogens (tertiary/aromatic N) is 4. The first-order valence-electron chi connectivity index (χ1n) is 11.4. The molecule has 1 saturated carbocycles. The molecule has 3 aromatic rings. The highest BCUT2D eigenvalue weighted by atomic mass is 19.4. The second-order valence-corrected chi connectivity index (χ2v) is 9.95. The van der Waals surface area contributed by atoms with Crippen molar-refractivity contribution in [1.82, 2.24) is 24.9 Å². The van der Waals surface area contributed by atoms with Crippen molar-refractivity contribution in [2.75, 3.05) is 19.6 Å². The van der Waals surface area contributed by atoms with Crippen LogP contribution in [0, 0.1) is 18.3 Å². The average molecular weight is 460 g/mol. The summed E-state index contributed by atoms with van der Waals surface area (Å²) in [6, 6.07) is 3.39. The van der Waals surface area contributed by atoms with E-state index in [-0.39, 0.29) is 16.5 Å². The molecule has 1 N–H and O–H groups in total. The Morgan fingerprint density at radius 2 is 1.94 bits per heavy atom. The molecule has 1 aromatic carbocycles. The zero-order chi connectivity index (χ0) is 23.4. The largest absolute Gasteiger partial charge is 0.418 e. The van der Waals surface area contributed by atoms with Gasteiger partial charge in [0, 0.05) is 31.1 Å². The minimum absolute atomic E-state index is 0.132. The third-order valence-corrected chi connectivity index (χ3v) is 7.47. The van der Waals surface area contributed by atoms with Gasteiger partial charge >= 0.3 is 6.18 Å². The molecule has 0 radical (unpaired) electrons. The normalized spacial score (nSPS) is 18.6. The molecule has 0 bridgehead atoms. The lowest BCUT2D eigenvalue weighted by Gasteiger charge is -2.59. The van der Waals surface area contributed by atoms with E-state index in [4.69, 9.17) is 0 Å². The van der Waals surface area contributed by atoms with Gasteiger partial charge in [0.1, 0.15) is 0 Å². The zero-order valence-corrected chi connectivity index (χ0v) is 18.9. The molecule has 2 aliphatic rings. The van der Waals surface area contributed by atoms with Crippen molar-refractivity contribution < 1.29 is 13.2 Å². The predicted molar refractivity (Wildman–Crippen MR) is 119 cm³/mol. The molecule has 1 aliphatic carbocycles. The topological polar surface area (TPSA) is 66.8 Å². The lowest BCUT2D eigenvalue weighted by Crippen LogP contribution is -2.62. The maximum Gasteiger partial charge on any atom is 0.418 e. The van der Waals surface area contributed by atoms with Crippen LogP contribution in [0.5, 0.6) is 0 Å². The van der Waals surface area contributed by atoms with Gasteiger partial charge in [-0.25, -0.2) is 5.10 Å². The van der Waals surface area contributed by atoms with E-state index in [1.807, 2.05) is 6.92 Å². The molecule has 33 heavy (non-hydrogen) atoms. The SMILES string of the molecule is Cc1c(CCCN2CC3(CC(Cc4ccc5cnn(C)c5c4C(F)(F)F)C3)C2)cn[nH]c1=O. The number of alkyl halides is 3. The van der Waals surface area contributed by atoms with Crippen molar-refractivity contribution in [3.05, 3.63) is 57.1 Å². The summed E-state index contributed by atoms with van der Waals surface area (Å²) in [7, 11) is 1.57. The number of hydrogen-bond acceptors (Lipinski definition) is 4. The second-order valence-electron chi connectivity index (χ2n) is 9.95. The summed E-state index contributed by atoms with van der Waals surface area (Å²) < 4.78 is 43.0. The number of aryl methyl sites for hydroxylation is 2. The summed E-state index contributed by atoms with van der Waals surface area (Å²) in [4.78, 5) is 14.1. The van der Waals surface area contributed by atoms with Crippen molar-refractivity contribution in [3.63, 3.8) is 0 Å². The summed E-state index contributed by atoms with van der Waals surface area (Å²) in [5, 5.41) is 10.9. The molecular weight excluding hydrogens is 431 g/mol. The highest BCUT2D eigenvalue weighted by molar-refractivity contribution is 5.83. The van der Waals surface area contributed by atoms with Gasteiger partial charge in [-0.15, -0.1) is 0 Å². The van der Waals surface area contributed by atoms with Crippen molar-refractivity contribution in [2.24, 2.45) is 18.4 Å². The quantitative estimate of drug-likeness (QED) is 0.608. The maximum absolute atomic E-state index is 13.9. The molecule has 0 atom stereocenters. The fourth-order valence-electron chi connectivity index (χ4n) is 5.97. The van der Waals surface area contributed by atoms with Gasteiger partial charge in [0.25, 0.3) is 5.56 Å². The van der Waals surface area contributed by atoms with Gasteiger partial charge in [0.2, 0.25) is 0 Å². The van der Waals surface area contributed by atoms with E-state index in [0.717, 1.165) is 56.4 Å². The maximum atomic E-state index is 13.9. The molecule has 176 valence electrons. The van der Waals surface area contributed by atoms with Crippen LogP contribution in [-0.4, -0.2) is 44.5 Å². The number of hydrogen-bond donors (Lipinski definition) is 1. The van der Waals surface area contributed by atoms with Crippen LogP contribution in [0.1, 0.15) is 41.5 Å². The van der Waals surface area contributed by atoms with Crippen molar-refractivity contribution >= 4 is 10.9 Å². The zero-order valence-electron chi connectivity index (χ0n) is 18.9. The molecule has 1 spiro atoms. The number of aromatic amines is 1. The van der Waals surface area contributed by atoms with Crippen molar-refractivity contribution in [3.8, 4) is 0 Å². The Balaban J connectivity index is 1.15. The summed E-state index contributed by atoms with van der Waals surface area (Å²) in [5.41, 5.74) is 1.90. The Labute approximate surface area is 189 Å². The van der Waals surface area contributed by atoms with E-state index in [0.29, 0.717) is 23.3 Å². The summed E-state index contributed by atoms with van der Waals surface area (Å²) in [6.07, 6.45) is 3.05. The van der Waals surface area contributed by atoms with Gasteiger partial charge in [0.05, 0.1) is 23.5 Å². The van der Waals surface area contributed by atoms with E-state index in [1.165, 1.54) is 10.9 Å². The van der Waals surface area contributed by atoms with E-state index >= 15 is 0 Å². The van der Waals surface area contributed by atoms with Gasteiger partial charge in [-0.2, -0.15) is 23.4 Å². The standard InChI is InChI=1S/C24H28F3N5O/c1-15-18(11-28-30-22(15)33)4-3-7-32-13-23(14-32)9-16(10-23)8-17-5-6-19-12-29-31(2)21(19)20(17)24(25,26)27/h5-6,11-12,16H,3-4,7-10,13-14H2,1-2H3,(H,30,33). The third kappa shape index (κ3) is 4.07. The number of H-pyrrole nitrogens is 1. The number of likely N-dealkylation sites (tertiary alicyclic amines) is 1. The van der Waals surface area contributed by atoms with E-state index in [2.05, 4.69) is 20.2 Å². The van der Waals surface area contributed by atoms with Gasteiger partial charge in [0.15, 0.2) is 0 Å². The number of nitrogens with one attached hydrogen (secondary N) is 1. The third-order valence-electron chi connectivity index (χ3n) is 7.47. The van der Waals surface area contributed by atoms with Crippen LogP contribution in [0.3, 0.4) is 0 Å². The highest BCUT2D eigenvalue weighted by Crippen LogP contribution is 2.53. The van der Waals surface area contributed by atoms with Crippen LogP contribution in [0.15, 0.2) is 29.3 Å². The fourth-order valence-corrected chi connectivity index (χ4v) is 5.97. The van der Waals surface area contributed by atoms with Crippen LogP contribution in [0.4, 0.5) is 13.2 Å². The molecule has 6 nitrogen and oxygen atoms in total. The summed E-state index contributed by atoms with van der Waals surface area (Å²) in [6.45, 7) is 4.82. The Morgan fingerprint density at radius 3 is 2.67 bits per heavy atom. The number of halogens is 3. The highest BCUT2D eigenvalue weighted by Gasteiger charge is 2.52. The smallest absolute Gasteiger partial charge is 0.302 e. The Morgan fingerprint density at radius 1 is 1.18 bits per heavy atom. The number of rotatable bonds is 6. The molecule has 1 aliphatic heterocycles. The van der Waals surface area contributed by atoms with Crippen molar-refractivity contribution in [2.45, 2.75) is 45.2 Å². The number of benzene rings is 1. The lowest BCUT2D eigenvalue weighted by molar-refractivity contribution is -0.137. The molecule has 2 fully saturated rings. The van der Waals surface area contributed by atoms with Gasteiger partial charge in [-0.05, 0) is 68.0 Å². The summed E-state index contributed by atoms with van der Waals surface area (Å²) >= 11 is 0. The van der Waals surface area contributed by atoms with Crippen LogP contribution < -0.4 is 5.56 Å². The molecule has 2 aromatic heterocycles. The van der Waals surface area contributed by atoms with Gasteiger partial charge in [-0.3, -0.25) is 9.48 Å². The fraction of sp³-hybridized carbons (Fsp3) is 0.542. The molecule has 5 rings (SSSR count). The number of aromatic nitrogens is 4. The first-order valence-corrected chi connectivity index (χ1v) is 11.4. The van der Waals surface area contributed by atoms with Crippen LogP contribution in [0.25, 0.3) is 10.9 Å². The minimum Gasteiger partial charge on any atom is -0.302 e. The predicted octanol–water partition coefficient (Wildman–Crippen LogP) is 3.87. The first-order chi connectivity index (χ1) is 15.7. The molecule has 1 saturated heterocycles. The Bertz CT molecular complexity index is 1230. The van der Waals surface area contributed by atoms with E-state index in [9.17, 15) is 18.0 Å². The molecule has 0 amide bonds. The molecule has 3 heterocycles. The molecule has 9 heteroatoms. The van der Waals surface area contributed by atoms with E-state index < -0.39 is 11.7 Å². The minimum atomic E-state index is -4.39. The van der Waals surface area contributed by atoms with Crippen LogP contribution in [-0.2, 0) is 26.1 Å². The summed E-state index contributed by atoms with van der Waals surface area (Å²) in [5.74, 6) is 0.295. The number of fused-ring (bicyclic) bond motifs is 1. The molecule has 0 unspecified atom stereocenters. The van der Waals surface area contributed by atoms with Gasteiger partial charge in [-0.1, -0.05) is 12.1 Å². The van der Waals surface area contributed by atoms with Crippen molar-refractivity contribution in [1.29, 1.82) is 0 Å². The van der Waals surface area contributed by atoms with Crippen LogP contribution in [0.2, 0.25) is 0 Å². The second kappa shape index (κ2) is 7.97. The Hall–Kier alpha value is -2.68. The van der Waals surface area contributed by atoms with E-state index in [1.54, 1.807) is 25.4 Å². The van der Waals surface area contributed by atoms with Gasteiger partial charge < -0.3 is 4.90 Å². The van der Waals surface area contributed by atoms with Crippen LogP contribution >= 0.6 is 0 Å². The Kier molecular flexibility index (Phi) is 5.34. The molecular formula is C24H28F3N5O. The first kappa shape index (κ1) is 22.1. The lowest BCUT2D eigenvalue weighted by atomic mass is 9.56.